The molecule has 2 aromatic carbocycles. The molecule has 0 saturated carbocycles. The maximum absolute atomic E-state index is 12.9. The van der Waals surface area contributed by atoms with E-state index in [9.17, 15) is 34.2 Å². The van der Waals surface area contributed by atoms with Crippen LogP contribution in [-0.2, 0) is 36.8 Å². The molecule has 2 aromatic rings. The number of amides is 4. The Hall–Kier alpha value is -4.45. The third-order valence-corrected chi connectivity index (χ3v) is 5.86. The number of benzene rings is 2. The maximum atomic E-state index is 12.9. The molecule has 0 heterocycles. The van der Waals surface area contributed by atoms with E-state index < -0.39 is 60.8 Å². The van der Waals surface area contributed by atoms with Gasteiger partial charge in [0.2, 0.25) is 23.6 Å². The number of aromatic hydroxyl groups is 1. The van der Waals surface area contributed by atoms with Gasteiger partial charge < -0.3 is 37.2 Å². The summed E-state index contributed by atoms with van der Waals surface area (Å²) >= 11 is 0. The molecule has 12 nitrogen and oxygen atoms in total. The Bertz CT molecular complexity index is 1160. The lowest BCUT2D eigenvalue weighted by molar-refractivity contribution is -0.141. The van der Waals surface area contributed by atoms with Crippen molar-refractivity contribution in [3.8, 4) is 5.75 Å². The average molecular weight is 556 g/mol. The second-order valence-electron chi connectivity index (χ2n) is 9.81. The third-order valence-electron chi connectivity index (χ3n) is 5.86. The summed E-state index contributed by atoms with van der Waals surface area (Å²) in [6, 6.07) is 11.8. The first-order chi connectivity index (χ1) is 18.9. The molecular formula is C28H37N5O7. The van der Waals surface area contributed by atoms with Crippen LogP contribution in [0.4, 0.5) is 0 Å². The van der Waals surface area contributed by atoms with Crippen LogP contribution in [-0.4, -0.2) is 71.0 Å². The third kappa shape index (κ3) is 11.5. The first-order valence-electron chi connectivity index (χ1n) is 12.9. The van der Waals surface area contributed by atoms with Crippen molar-refractivity contribution in [2.24, 2.45) is 11.7 Å². The van der Waals surface area contributed by atoms with Crippen molar-refractivity contribution in [2.75, 3.05) is 13.1 Å². The molecule has 0 aliphatic rings. The van der Waals surface area contributed by atoms with Crippen LogP contribution >= 0.6 is 0 Å². The van der Waals surface area contributed by atoms with E-state index in [-0.39, 0.29) is 24.5 Å². The van der Waals surface area contributed by atoms with Gasteiger partial charge in [0.1, 0.15) is 17.8 Å². The molecule has 216 valence electrons. The summed E-state index contributed by atoms with van der Waals surface area (Å²) in [5, 5.41) is 28.7. The lowest BCUT2D eigenvalue weighted by Gasteiger charge is -2.21. The fourth-order valence-electron chi connectivity index (χ4n) is 3.80. The van der Waals surface area contributed by atoms with Gasteiger partial charge in [0.05, 0.1) is 19.1 Å². The Balaban J connectivity index is 1.90. The molecule has 0 aliphatic carbocycles. The van der Waals surface area contributed by atoms with Crippen molar-refractivity contribution in [3.63, 3.8) is 0 Å². The molecule has 0 saturated heterocycles. The number of carbonyl (C=O) groups is 5. The molecule has 3 atom stereocenters. The average Bonchev–Trinajstić information content (AvgIpc) is 2.91. The Morgan fingerprint density at radius 1 is 0.750 bits per heavy atom. The number of hydrogen-bond donors (Lipinski definition) is 7. The molecule has 0 aliphatic heterocycles. The van der Waals surface area contributed by atoms with Crippen molar-refractivity contribution in [1.82, 2.24) is 21.3 Å². The standard InChI is InChI=1S/C28H37N5O7/c1-17(2)12-21(29)26(37)33-22(13-19-8-10-20(34)11-9-19)27(38)31-15-24(35)30-16-25(36)32-23(28(39)40)14-18-6-4-3-5-7-18/h3-11,17,21-23,34H,12-16,29H2,1-2H3,(H,30,35)(H,31,38)(H,32,36)(H,33,37)(H,39,40)/t21-,22-,23-/m0/s1. The molecule has 0 fully saturated rings. The van der Waals surface area contributed by atoms with Crippen molar-refractivity contribution >= 4 is 29.6 Å². The second-order valence-corrected chi connectivity index (χ2v) is 9.81. The van der Waals surface area contributed by atoms with Gasteiger partial charge >= 0.3 is 5.97 Å². The minimum absolute atomic E-state index is 0.0446. The highest BCUT2D eigenvalue weighted by molar-refractivity contribution is 5.93. The summed E-state index contributed by atoms with van der Waals surface area (Å²) in [4.78, 5) is 61.5. The summed E-state index contributed by atoms with van der Waals surface area (Å²) in [5.41, 5.74) is 7.33. The largest absolute Gasteiger partial charge is 0.508 e. The van der Waals surface area contributed by atoms with Crippen LogP contribution < -0.4 is 27.0 Å². The van der Waals surface area contributed by atoms with Gasteiger partial charge in [0.25, 0.3) is 0 Å². The van der Waals surface area contributed by atoms with Crippen molar-refractivity contribution in [1.29, 1.82) is 0 Å². The Kier molecular flexibility index (Phi) is 12.6. The fraction of sp³-hybridized carbons (Fsp3) is 0.393. The summed E-state index contributed by atoms with van der Waals surface area (Å²) in [7, 11) is 0. The molecule has 2 rings (SSSR count). The Labute approximate surface area is 232 Å². The van der Waals surface area contributed by atoms with Crippen LogP contribution in [0.3, 0.4) is 0 Å². The van der Waals surface area contributed by atoms with E-state index in [1.165, 1.54) is 12.1 Å². The molecule has 12 heteroatoms. The fourth-order valence-corrected chi connectivity index (χ4v) is 3.80. The Morgan fingerprint density at radius 3 is 1.93 bits per heavy atom. The summed E-state index contributed by atoms with van der Waals surface area (Å²) in [6.07, 6.45) is 0.563. The van der Waals surface area contributed by atoms with Gasteiger partial charge in [-0.3, -0.25) is 19.2 Å². The number of carbonyl (C=O) groups excluding carboxylic acids is 4. The highest BCUT2D eigenvalue weighted by atomic mass is 16.4. The SMILES string of the molecule is CC(C)C[C@H](N)C(=O)N[C@@H](Cc1ccc(O)cc1)C(=O)NCC(=O)NCC(=O)N[C@@H](Cc1ccccc1)C(=O)O. The molecule has 40 heavy (non-hydrogen) atoms. The number of phenols is 1. The van der Waals surface area contributed by atoms with Gasteiger partial charge in [0.15, 0.2) is 0 Å². The number of carboxylic acids is 1. The van der Waals surface area contributed by atoms with Crippen LogP contribution in [0, 0.1) is 5.92 Å². The zero-order chi connectivity index (χ0) is 29.7. The minimum atomic E-state index is -1.22. The van der Waals surface area contributed by atoms with Gasteiger partial charge in [-0.25, -0.2) is 4.79 Å². The number of phenolic OH excluding ortho intramolecular Hbond substituents is 1. The number of nitrogens with two attached hydrogens (primary N) is 1. The quantitative estimate of drug-likeness (QED) is 0.157. The molecule has 0 radical (unpaired) electrons. The molecule has 0 unspecified atom stereocenters. The minimum Gasteiger partial charge on any atom is -0.508 e. The maximum Gasteiger partial charge on any atom is 0.326 e. The van der Waals surface area contributed by atoms with E-state index >= 15 is 0 Å². The molecule has 0 bridgehead atoms. The smallest absolute Gasteiger partial charge is 0.326 e. The van der Waals surface area contributed by atoms with E-state index in [0.29, 0.717) is 12.0 Å². The number of carboxylic acid groups (broad SMARTS) is 1. The molecule has 8 N–H and O–H groups in total. The van der Waals surface area contributed by atoms with Crippen molar-refractivity contribution in [3.05, 3.63) is 65.7 Å². The monoisotopic (exact) mass is 555 g/mol. The van der Waals surface area contributed by atoms with E-state index in [0.717, 1.165) is 5.56 Å². The molecule has 0 spiro atoms. The second kappa shape index (κ2) is 15.8. The number of rotatable bonds is 15. The van der Waals surface area contributed by atoms with Crippen molar-refractivity contribution in [2.45, 2.75) is 51.2 Å². The van der Waals surface area contributed by atoms with E-state index in [4.69, 9.17) is 5.73 Å². The first kappa shape index (κ1) is 31.8. The highest BCUT2D eigenvalue weighted by Gasteiger charge is 2.25. The summed E-state index contributed by atoms with van der Waals surface area (Å²) < 4.78 is 0. The topological polar surface area (TPSA) is 200 Å². The summed E-state index contributed by atoms with van der Waals surface area (Å²) in [5.74, 6) is -3.57. The van der Waals surface area contributed by atoms with Crippen LogP contribution in [0.2, 0.25) is 0 Å². The zero-order valence-corrected chi connectivity index (χ0v) is 22.6. The van der Waals surface area contributed by atoms with E-state index in [1.807, 2.05) is 13.8 Å². The van der Waals surface area contributed by atoms with Gasteiger partial charge in [0, 0.05) is 12.8 Å². The van der Waals surface area contributed by atoms with Crippen LogP contribution in [0.25, 0.3) is 0 Å². The van der Waals surface area contributed by atoms with Crippen LogP contribution in [0.1, 0.15) is 31.4 Å². The lowest BCUT2D eigenvalue weighted by Crippen LogP contribution is -2.54. The van der Waals surface area contributed by atoms with Gasteiger partial charge in [-0.15, -0.1) is 0 Å². The van der Waals surface area contributed by atoms with E-state index in [1.54, 1.807) is 42.5 Å². The molecule has 4 amide bonds. The van der Waals surface area contributed by atoms with Gasteiger partial charge in [-0.05, 0) is 35.6 Å². The predicted molar refractivity (Wildman–Crippen MR) is 147 cm³/mol. The number of nitrogens with one attached hydrogen (secondary N) is 4. The number of aliphatic carboxylic acids is 1. The first-order valence-corrected chi connectivity index (χ1v) is 12.9. The van der Waals surface area contributed by atoms with Crippen LogP contribution in [0.5, 0.6) is 5.75 Å². The number of hydrogen-bond acceptors (Lipinski definition) is 7. The molecular weight excluding hydrogens is 518 g/mol. The van der Waals surface area contributed by atoms with Crippen LogP contribution in [0.15, 0.2) is 54.6 Å². The van der Waals surface area contributed by atoms with Gasteiger partial charge in [-0.2, -0.15) is 0 Å². The zero-order valence-electron chi connectivity index (χ0n) is 22.6. The summed E-state index contributed by atoms with van der Waals surface area (Å²) in [6.45, 7) is 2.85. The Morgan fingerprint density at radius 2 is 1.32 bits per heavy atom. The highest BCUT2D eigenvalue weighted by Crippen LogP contribution is 2.12. The van der Waals surface area contributed by atoms with E-state index in [2.05, 4.69) is 21.3 Å². The predicted octanol–water partition coefficient (Wildman–Crippen LogP) is -0.163. The van der Waals surface area contributed by atoms with Gasteiger partial charge in [-0.1, -0.05) is 56.3 Å². The van der Waals surface area contributed by atoms with Crippen molar-refractivity contribution < 1.29 is 34.2 Å². The molecule has 0 aromatic heterocycles. The lowest BCUT2D eigenvalue weighted by atomic mass is 10.0. The normalized spacial score (nSPS) is 13.0.